The number of nitrogens with one attached hydrogen (secondary N) is 3. The zero-order valence-electron chi connectivity index (χ0n) is 9.82. The highest BCUT2D eigenvalue weighted by molar-refractivity contribution is 5.90. The Bertz CT molecular complexity index is 486. The van der Waals surface area contributed by atoms with E-state index < -0.39 is 0 Å². The lowest BCUT2D eigenvalue weighted by Gasteiger charge is -1.99. The van der Waals surface area contributed by atoms with Crippen molar-refractivity contribution in [3.05, 3.63) is 35.7 Å². The van der Waals surface area contributed by atoms with Crippen LogP contribution >= 0.6 is 0 Å². The first kappa shape index (κ1) is 11.4. The van der Waals surface area contributed by atoms with Gasteiger partial charge in [-0.25, -0.2) is 4.98 Å². The van der Waals surface area contributed by atoms with E-state index in [0.717, 1.165) is 11.4 Å². The van der Waals surface area contributed by atoms with Gasteiger partial charge in [-0.1, -0.05) is 13.8 Å². The number of nitrogens with zero attached hydrogens (tertiary/aromatic N) is 2. The highest BCUT2D eigenvalue weighted by Gasteiger charge is 2.13. The van der Waals surface area contributed by atoms with E-state index >= 15 is 0 Å². The highest BCUT2D eigenvalue weighted by Crippen LogP contribution is 2.07. The maximum absolute atomic E-state index is 11.7. The molecule has 90 valence electrons. The van der Waals surface area contributed by atoms with Gasteiger partial charge in [0.1, 0.15) is 5.82 Å². The van der Waals surface area contributed by atoms with Crippen LogP contribution in [0.2, 0.25) is 0 Å². The van der Waals surface area contributed by atoms with Gasteiger partial charge >= 0.3 is 0 Å². The molecule has 0 unspecified atom stereocenters. The van der Waals surface area contributed by atoms with Gasteiger partial charge in [0, 0.05) is 24.9 Å². The van der Waals surface area contributed by atoms with Crippen LogP contribution in [0.15, 0.2) is 18.5 Å². The molecule has 2 heterocycles. The summed E-state index contributed by atoms with van der Waals surface area (Å²) in [6.45, 7) is 4.44. The largest absolute Gasteiger partial charge is 0.367 e. The first-order valence-electron chi connectivity index (χ1n) is 5.49. The van der Waals surface area contributed by atoms with Gasteiger partial charge < -0.3 is 10.3 Å². The molecule has 6 nitrogen and oxygen atoms in total. The van der Waals surface area contributed by atoms with E-state index in [1.54, 1.807) is 0 Å². The van der Waals surface area contributed by atoms with Crippen LogP contribution in [0.25, 0.3) is 0 Å². The molecule has 0 bridgehead atoms. The molecule has 0 aliphatic carbocycles. The minimum Gasteiger partial charge on any atom is -0.367 e. The Morgan fingerprint density at radius 2 is 2.35 bits per heavy atom. The van der Waals surface area contributed by atoms with Crippen molar-refractivity contribution in [3.63, 3.8) is 0 Å². The van der Waals surface area contributed by atoms with Crippen LogP contribution < -0.4 is 5.32 Å². The minimum absolute atomic E-state index is 0.184. The van der Waals surface area contributed by atoms with E-state index in [4.69, 9.17) is 0 Å². The minimum atomic E-state index is -0.269. The molecule has 0 aromatic carbocycles. The average molecular weight is 233 g/mol. The van der Waals surface area contributed by atoms with E-state index in [1.807, 2.05) is 32.3 Å². The lowest BCUT2D eigenvalue weighted by atomic mass is 10.2. The standard InChI is InChI=1S/C11H15N5O/c1-7(2)9-14-10(16-15-9)11(17)13-6-8-3-4-12-5-8/h3-5,7,12H,6H2,1-2H3,(H,13,17)(H,14,15,16). The van der Waals surface area contributed by atoms with E-state index in [9.17, 15) is 4.79 Å². The summed E-state index contributed by atoms with van der Waals surface area (Å²) in [5.41, 5.74) is 1.01. The molecule has 0 fully saturated rings. The van der Waals surface area contributed by atoms with Crippen LogP contribution in [0, 0.1) is 0 Å². The van der Waals surface area contributed by atoms with Crippen LogP contribution in [-0.4, -0.2) is 26.1 Å². The molecule has 2 aromatic rings. The van der Waals surface area contributed by atoms with E-state index in [0.29, 0.717) is 6.54 Å². The summed E-state index contributed by atoms with van der Waals surface area (Å²) in [4.78, 5) is 18.8. The monoisotopic (exact) mass is 233 g/mol. The molecular weight excluding hydrogens is 218 g/mol. The molecule has 6 heteroatoms. The molecule has 0 atom stereocenters. The fourth-order valence-electron chi connectivity index (χ4n) is 1.36. The Morgan fingerprint density at radius 3 is 2.94 bits per heavy atom. The summed E-state index contributed by atoms with van der Waals surface area (Å²) in [7, 11) is 0. The highest BCUT2D eigenvalue weighted by atomic mass is 16.2. The number of H-pyrrole nitrogens is 2. The van der Waals surface area contributed by atoms with Gasteiger partial charge in [0.2, 0.25) is 5.82 Å². The molecule has 0 saturated carbocycles. The van der Waals surface area contributed by atoms with Crippen molar-refractivity contribution >= 4 is 5.91 Å². The number of amides is 1. The summed E-state index contributed by atoms with van der Waals surface area (Å²) in [5, 5.41) is 9.38. The summed E-state index contributed by atoms with van der Waals surface area (Å²) in [6, 6.07) is 1.90. The number of hydrogen-bond donors (Lipinski definition) is 3. The summed E-state index contributed by atoms with van der Waals surface area (Å²) in [6.07, 6.45) is 3.64. The molecule has 0 saturated heterocycles. The topological polar surface area (TPSA) is 86.5 Å². The maximum atomic E-state index is 11.7. The molecule has 2 aromatic heterocycles. The average Bonchev–Trinajstić information content (AvgIpc) is 2.96. The second kappa shape index (κ2) is 4.82. The van der Waals surface area contributed by atoms with E-state index in [2.05, 4.69) is 25.5 Å². The molecule has 2 rings (SSSR count). The third kappa shape index (κ3) is 2.72. The van der Waals surface area contributed by atoms with Gasteiger partial charge in [-0.2, -0.15) is 0 Å². The lowest BCUT2D eigenvalue weighted by Crippen LogP contribution is -2.23. The van der Waals surface area contributed by atoms with Gasteiger partial charge in [0.25, 0.3) is 5.91 Å². The van der Waals surface area contributed by atoms with Crippen molar-refractivity contribution in [1.29, 1.82) is 0 Å². The molecule has 0 spiro atoms. The van der Waals surface area contributed by atoms with Crippen molar-refractivity contribution in [2.75, 3.05) is 0 Å². The number of rotatable bonds is 4. The van der Waals surface area contributed by atoms with Gasteiger partial charge in [-0.15, -0.1) is 5.10 Å². The van der Waals surface area contributed by atoms with E-state index in [-0.39, 0.29) is 17.6 Å². The van der Waals surface area contributed by atoms with Gasteiger partial charge in [0.15, 0.2) is 0 Å². The predicted octanol–water partition coefficient (Wildman–Crippen LogP) is 1.19. The zero-order chi connectivity index (χ0) is 12.3. The molecule has 17 heavy (non-hydrogen) atoms. The van der Waals surface area contributed by atoms with Gasteiger partial charge in [-0.3, -0.25) is 9.89 Å². The Balaban J connectivity index is 1.95. The lowest BCUT2D eigenvalue weighted by molar-refractivity contribution is 0.0941. The Kier molecular flexibility index (Phi) is 3.22. The van der Waals surface area contributed by atoms with Crippen LogP contribution in [0.5, 0.6) is 0 Å². The molecule has 1 amide bonds. The third-order valence-corrected chi connectivity index (χ3v) is 2.37. The van der Waals surface area contributed by atoms with Crippen molar-refractivity contribution in [2.45, 2.75) is 26.3 Å². The number of carbonyl (C=O) groups excluding carboxylic acids is 1. The van der Waals surface area contributed by atoms with Gasteiger partial charge in [0.05, 0.1) is 0 Å². The zero-order valence-corrected chi connectivity index (χ0v) is 9.82. The SMILES string of the molecule is CC(C)c1nc(C(=O)NCc2cc[nH]c2)n[nH]1. The Labute approximate surface area is 98.9 Å². The molecule has 0 radical (unpaired) electrons. The van der Waals surface area contributed by atoms with Crippen LogP contribution in [-0.2, 0) is 6.54 Å². The van der Waals surface area contributed by atoms with Crippen LogP contribution in [0.3, 0.4) is 0 Å². The molecule has 0 aliphatic heterocycles. The Morgan fingerprint density at radius 1 is 1.53 bits per heavy atom. The van der Waals surface area contributed by atoms with E-state index in [1.165, 1.54) is 0 Å². The first-order valence-corrected chi connectivity index (χ1v) is 5.49. The van der Waals surface area contributed by atoms with Crippen molar-refractivity contribution in [2.24, 2.45) is 0 Å². The quantitative estimate of drug-likeness (QED) is 0.741. The third-order valence-electron chi connectivity index (χ3n) is 2.37. The summed E-state index contributed by atoms with van der Waals surface area (Å²) >= 11 is 0. The fourth-order valence-corrected chi connectivity index (χ4v) is 1.36. The smallest absolute Gasteiger partial charge is 0.291 e. The number of carbonyl (C=O) groups is 1. The van der Waals surface area contributed by atoms with Crippen molar-refractivity contribution in [1.82, 2.24) is 25.5 Å². The number of aromatic nitrogens is 4. The summed E-state index contributed by atoms with van der Waals surface area (Å²) < 4.78 is 0. The normalized spacial score (nSPS) is 10.8. The van der Waals surface area contributed by atoms with Crippen molar-refractivity contribution in [3.8, 4) is 0 Å². The van der Waals surface area contributed by atoms with Gasteiger partial charge in [-0.05, 0) is 11.6 Å². The van der Waals surface area contributed by atoms with Crippen LogP contribution in [0.1, 0.15) is 41.8 Å². The van der Waals surface area contributed by atoms with Crippen LogP contribution in [0.4, 0.5) is 0 Å². The Hall–Kier alpha value is -2.11. The first-order chi connectivity index (χ1) is 8.16. The fraction of sp³-hybridized carbons (Fsp3) is 0.364. The predicted molar refractivity (Wildman–Crippen MR) is 62.4 cm³/mol. The summed E-state index contributed by atoms with van der Waals surface area (Å²) in [5.74, 6) is 0.865. The van der Waals surface area contributed by atoms with Crippen molar-refractivity contribution < 1.29 is 4.79 Å². The molecule has 3 N–H and O–H groups in total. The second-order valence-electron chi connectivity index (χ2n) is 4.10. The maximum Gasteiger partial charge on any atom is 0.291 e. The second-order valence-corrected chi connectivity index (χ2v) is 4.10. The number of hydrogen-bond acceptors (Lipinski definition) is 3. The molecular formula is C11H15N5O. The number of aromatic amines is 2. The molecule has 0 aliphatic rings.